The number of sulfonamides is 1. The van der Waals surface area contributed by atoms with E-state index in [1.165, 1.54) is 18.1 Å². The van der Waals surface area contributed by atoms with Gasteiger partial charge in [-0.25, -0.2) is 8.42 Å². The number of aromatic nitrogens is 1. The van der Waals surface area contributed by atoms with Crippen LogP contribution in [0, 0.1) is 19.8 Å². The van der Waals surface area contributed by atoms with Gasteiger partial charge >= 0.3 is 0 Å². The summed E-state index contributed by atoms with van der Waals surface area (Å²) in [5.41, 5.74) is 9.56. The minimum atomic E-state index is -4.38. The number of likely N-dealkylation sites (N-methyl/N-ethyl adjacent to an activating group) is 1. The average molecular weight is 597 g/mol. The van der Waals surface area contributed by atoms with Crippen molar-refractivity contribution in [2.24, 2.45) is 11.7 Å². The monoisotopic (exact) mass is 596 g/mol. The molecule has 0 aliphatic heterocycles. The number of imide groups is 1. The summed E-state index contributed by atoms with van der Waals surface area (Å²) in [6.45, 7) is 8.87. The summed E-state index contributed by atoms with van der Waals surface area (Å²) in [4.78, 5) is 42.7. The number of rotatable bonds is 12. The Bertz CT molecular complexity index is 1480. The highest BCUT2D eigenvalue weighted by atomic mass is 32.2. The number of carbonyl (C=O) groups excluding carboxylic acids is 3. The Kier molecular flexibility index (Phi) is 10.8. The van der Waals surface area contributed by atoms with Crippen LogP contribution in [0.4, 0.5) is 0 Å². The molecule has 0 bridgehead atoms. The van der Waals surface area contributed by atoms with Crippen LogP contribution in [0.5, 0.6) is 0 Å². The predicted molar refractivity (Wildman–Crippen MR) is 161 cm³/mol. The molecular weight excluding hydrogens is 556 g/mol. The van der Waals surface area contributed by atoms with Crippen LogP contribution in [-0.4, -0.2) is 65.4 Å². The molecule has 2 atom stereocenters. The third-order valence-corrected chi connectivity index (χ3v) is 8.81. The highest BCUT2D eigenvalue weighted by molar-refractivity contribution is 7.90. The second kappa shape index (κ2) is 13.9. The van der Waals surface area contributed by atoms with Crippen molar-refractivity contribution in [3.63, 3.8) is 0 Å². The highest BCUT2D eigenvalue weighted by Crippen LogP contribution is 2.23. The SMILES string of the molecule is CCCCS(=O)(=O)N(C(=O)[C@@H](N)C(C)C)C(=O)[C@@H](Cc1ccc(-c2ccno2)cc1)N(C)C(=O)c1cc(C)cc(C)c1. The second-order valence-corrected chi connectivity index (χ2v) is 12.9. The number of nitrogens with zero attached hydrogens (tertiary/aromatic N) is 3. The number of unbranched alkanes of at least 4 members (excludes halogenated alkanes) is 1. The zero-order valence-corrected chi connectivity index (χ0v) is 25.8. The van der Waals surface area contributed by atoms with Gasteiger partial charge in [-0.2, -0.15) is 4.31 Å². The molecule has 0 saturated carbocycles. The van der Waals surface area contributed by atoms with Crippen molar-refractivity contribution in [2.45, 2.75) is 66.0 Å². The summed E-state index contributed by atoms with van der Waals surface area (Å²) >= 11 is 0. The van der Waals surface area contributed by atoms with Gasteiger partial charge in [0, 0.05) is 30.7 Å². The first-order valence-corrected chi connectivity index (χ1v) is 15.6. The molecule has 0 unspecified atom stereocenters. The quantitative estimate of drug-likeness (QED) is 0.329. The van der Waals surface area contributed by atoms with Gasteiger partial charge in [-0.05, 0) is 43.9 Å². The van der Waals surface area contributed by atoms with E-state index in [1.807, 2.05) is 26.8 Å². The van der Waals surface area contributed by atoms with Crippen molar-refractivity contribution in [3.8, 4) is 11.3 Å². The van der Waals surface area contributed by atoms with Crippen molar-refractivity contribution < 1.29 is 27.3 Å². The number of hydrogen-bond acceptors (Lipinski definition) is 8. The van der Waals surface area contributed by atoms with Gasteiger partial charge in [-0.15, -0.1) is 0 Å². The molecule has 0 fully saturated rings. The van der Waals surface area contributed by atoms with Gasteiger partial charge in [0.25, 0.3) is 17.7 Å². The zero-order chi connectivity index (χ0) is 31.2. The molecule has 3 rings (SSSR count). The number of carbonyl (C=O) groups is 3. The standard InChI is InChI=1S/C31H40N4O6S/c1-7-8-15-42(39,40)35(31(38)28(32)20(2)3)30(37)26(34(6)29(36)25-17-21(4)16-22(5)18-25)19-23-9-11-24(12-10-23)27-13-14-33-41-27/h9-14,16-18,20,26,28H,7-8,15,19,32H2,1-6H3/t26-,28+/m1/s1. The number of hydrogen-bond donors (Lipinski definition) is 1. The molecule has 3 amide bonds. The van der Waals surface area contributed by atoms with Crippen molar-refractivity contribution in [2.75, 3.05) is 12.8 Å². The fourth-order valence-electron chi connectivity index (χ4n) is 4.58. The number of benzene rings is 2. The fraction of sp³-hybridized carbons (Fsp3) is 0.419. The van der Waals surface area contributed by atoms with Crippen molar-refractivity contribution in [3.05, 3.63) is 77.0 Å². The number of aryl methyl sites for hydroxylation is 2. The van der Waals surface area contributed by atoms with Gasteiger partial charge in [0.1, 0.15) is 6.04 Å². The lowest BCUT2D eigenvalue weighted by Crippen LogP contribution is -2.58. The molecule has 2 aromatic carbocycles. The maximum atomic E-state index is 14.2. The predicted octanol–water partition coefficient (Wildman–Crippen LogP) is 4.11. The molecule has 0 aliphatic rings. The smallest absolute Gasteiger partial charge is 0.266 e. The molecule has 0 spiro atoms. The lowest BCUT2D eigenvalue weighted by atomic mass is 10.00. The largest absolute Gasteiger partial charge is 0.356 e. The van der Waals surface area contributed by atoms with E-state index in [9.17, 15) is 22.8 Å². The van der Waals surface area contributed by atoms with E-state index >= 15 is 0 Å². The summed E-state index contributed by atoms with van der Waals surface area (Å²) in [6.07, 6.45) is 2.27. The molecule has 0 aliphatic carbocycles. The molecular formula is C31H40N4O6S. The Hall–Kier alpha value is -3.83. The second-order valence-electron chi connectivity index (χ2n) is 11.0. The molecule has 3 aromatic rings. The summed E-state index contributed by atoms with van der Waals surface area (Å²) in [5.74, 6) is -2.79. The first-order valence-electron chi connectivity index (χ1n) is 14.0. The van der Waals surface area contributed by atoms with Gasteiger partial charge in [0.05, 0.1) is 18.0 Å². The molecule has 42 heavy (non-hydrogen) atoms. The Morgan fingerprint density at radius 1 is 0.976 bits per heavy atom. The molecule has 0 radical (unpaired) electrons. The van der Waals surface area contributed by atoms with E-state index in [0.717, 1.165) is 16.7 Å². The Labute approximate surface area is 247 Å². The normalized spacial score (nSPS) is 13.0. The Balaban J connectivity index is 2.09. The van der Waals surface area contributed by atoms with Gasteiger partial charge in [0.15, 0.2) is 5.76 Å². The minimum Gasteiger partial charge on any atom is -0.356 e. The molecule has 11 heteroatoms. The maximum absolute atomic E-state index is 14.2. The van der Waals surface area contributed by atoms with E-state index in [2.05, 4.69) is 5.16 Å². The first-order chi connectivity index (χ1) is 19.8. The summed E-state index contributed by atoms with van der Waals surface area (Å²) in [7, 11) is -2.94. The third-order valence-electron chi connectivity index (χ3n) is 7.08. The minimum absolute atomic E-state index is 0.0491. The van der Waals surface area contributed by atoms with E-state index in [4.69, 9.17) is 10.3 Å². The Morgan fingerprint density at radius 2 is 1.60 bits per heavy atom. The van der Waals surface area contributed by atoms with Crippen LogP contribution in [0.3, 0.4) is 0 Å². The van der Waals surface area contributed by atoms with Crippen molar-refractivity contribution >= 4 is 27.7 Å². The molecule has 0 saturated heterocycles. The average Bonchev–Trinajstić information content (AvgIpc) is 3.48. The zero-order valence-electron chi connectivity index (χ0n) is 25.0. The summed E-state index contributed by atoms with van der Waals surface area (Å²) in [5, 5.41) is 3.71. The van der Waals surface area contributed by atoms with Crippen LogP contribution in [-0.2, 0) is 26.0 Å². The van der Waals surface area contributed by atoms with Crippen LogP contribution in [0.2, 0.25) is 0 Å². The van der Waals surface area contributed by atoms with Crippen LogP contribution in [0.1, 0.15) is 60.7 Å². The molecule has 1 aromatic heterocycles. The van der Waals surface area contributed by atoms with Crippen LogP contribution >= 0.6 is 0 Å². The molecule has 1 heterocycles. The lowest BCUT2D eigenvalue weighted by molar-refractivity contribution is -0.142. The van der Waals surface area contributed by atoms with Gasteiger partial charge in [-0.3, -0.25) is 14.4 Å². The first kappa shape index (κ1) is 32.7. The lowest BCUT2D eigenvalue weighted by Gasteiger charge is -2.33. The number of nitrogens with two attached hydrogens (primary N) is 1. The third kappa shape index (κ3) is 7.71. The topological polar surface area (TPSA) is 144 Å². The van der Waals surface area contributed by atoms with Crippen LogP contribution < -0.4 is 5.73 Å². The van der Waals surface area contributed by atoms with Gasteiger partial charge in [0.2, 0.25) is 10.0 Å². The van der Waals surface area contributed by atoms with Crippen molar-refractivity contribution in [1.82, 2.24) is 14.4 Å². The van der Waals surface area contributed by atoms with Crippen molar-refractivity contribution in [1.29, 1.82) is 0 Å². The fourth-order valence-corrected chi connectivity index (χ4v) is 6.21. The van der Waals surface area contributed by atoms with E-state index in [-0.39, 0.29) is 12.8 Å². The maximum Gasteiger partial charge on any atom is 0.266 e. The molecule has 226 valence electrons. The van der Waals surface area contributed by atoms with Gasteiger partial charge < -0.3 is 15.2 Å². The number of amides is 3. The van der Waals surface area contributed by atoms with Crippen LogP contribution in [0.15, 0.2) is 59.3 Å². The van der Waals surface area contributed by atoms with E-state index in [1.54, 1.807) is 56.3 Å². The summed E-state index contributed by atoms with van der Waals surface area (Å²) in [6, 6.07) is 11.5. The van der Waals surface area contributed by atoms with Crippen LogP contribution in [0.25, 0.3) is 11.3 Å². The highest BCUT2D eigenvalue weighted by Gasteiger charge is 2.42. The summed E-state index contributed by atoms with van der Waals surface area (Å²) < 4.78 is 32.5. The van der Waals surface area contributed by atoms with E-state index in [0.29, 0.717) is 27.6 Å². The van der Waals surface area contributed by atoms with E-state index < -0.39 is 51.5 Å². The molecule has 2 N–H and O–H groups in total. The van der Waals surface area contributed by atoms with Gasteiger partial charge in [-0.1, -0.05) is 73.8 Å². The Morgan fingerprint density at radius 3 is 2.12 bits per heavy atom. The molecule has 10 nitrogen and oxygen atoms in total.